The van der Waals surface area contributed by atoms with Crippen molar-refractivity contribution < 1.29 is 19.8 Å². The van der Waals surface area contributed by atoms with Gasteiger partial charge in [-0.25, -0.2) is 0 Å². The smallest absolute Gasteiger partial charge is 0.322 e. The molecule has 0 aliphatic rings. The second-order valence-corrected chi connectivity index (χ2v) is 3.13. The first-order chi connectivity index (χ1) is 6.45. The van der Waals surface area contributed by atoms with Crippen LogP contribution in [0.4, 0.5) is 0 Å². The molecule has 0 rings (SSSR count). The zero-order valence-corrected chi connectivity index (χ0v) is 8.82. The fraction of sp³-hybridized carbons (Fsp3) is 0.833. The molecular weight excluding hydrogens is 212 g/mol. The highest BCUT2D eigenvalue weighted by Crippen LogP contribution is 1.99. The van der Waals surface area contributed by atoms with Crippen molar-refractivity contribution in [2.75, 3.05) is 19.1 Å². The molecule has 0 radical (unpaired) electrons. The number of hydrogen-bond acceptors (Lipinski definition) is 6. The molecule has 0 amide bonds. The van der Waals surface area contributed by atoms with Gasteiger partial charge >= 0.3 is 5.97 Å². The van der Waals surface area contributed by atoms with E-state index in [0.29, 0.717) is 6.42 Å². The molecule has 0 aromatic heterocycles. The van der Waals surface area contributed by atoms with Crippen LogP contribution in [0.1, 0.15) is 6.42 Å². The summed E-state index contributed by atoms with van der Waals surface area (Å²) in [5, 5.41) is 13.6. The fourth-order valence-electron chi connectivity index (χ4n) is 0.514. The van der Waals surface area contributed by atoms with E-state index in [2.05, 4.69) is 4.74 Å². The van der Waals surface area contributed by atoms with Crippen LogP contribution in [0.25, 0.3) is 0 Å². The molecular formula is C6H14N2O5S. The monoisotopic (exact) mass is 226 g/mol. The third kappa shape index (κ3) is 13.6. The largest absolute Gasteiger partial charge is 0.468 e. The van der Waals surface area contributed by atoms with Crippen molar-refractivity contribution in [1.82, 2.24) is 0 Å². The molecule has 0 spiro atoms. The number of nitrogens with two attached hydrogens (primary N) is 1. The van der Waals surface area contributed by atoms with Crippen LogP contribution in [-0.4, -0.2) is 41.4 Å². The molecule has 0 aromatic carbocycles. The Labute approximate surface area is 85.7 Å². The highest BCUT2D eigenvalue weighted by molar-refractivity contribution is 7.98. The second kappa shape index (κ2) is 10.1. The predicted molar refractivity (Wildman–Crippen MR) is 51.8 cm³/mol. The van der Waals surface area contributed by atoms with Crippen LogP contribution in [0.15, 0.2) is 0 Å². The van der Waals surface area contributed by atoms with Crippen LogP contribution in [-0.2, 0) is 9.53 Å². The Hall–Kier alpha value is -1.02. The zero-order valence-electron chi connectivity index (χ0n) is 8.00. The van der Waals surface area contributed by atoms with Gasteiger partial charge in [0.05, 0.1) is 7.11 Å². The molecule has 3 N–H and O–H groups in total. The van der Waals surface area contributed by atoms with Crippen molar-refractivity contribution in [2.24, 2.45) is 5.73 Å². The van der Waals surface area contributed by atoms with Gasteiger partial charge in [-0.1, -0.05) is 0 Å². The van der Waals surface area contributed by atoms with Crippen LogP contribution in [0.5, 0.6) is 0 Å². The number of hydrogen-bond donors (Lipinski definition) is 2. The minimum atomic E-state index is -1.50. The Morgan fingerprint density at radius 2 is 2.21 bits per heavy atom. The van der Waals surface area contributed by atoms with Gasteiger partial charge in [-0.2, -0.15) is 11.8 Å². The minimum absolute atomic E-state index is 0.325. The van der Waals surface area contributed by atoms with E-state index in [1.165, 1.54) is 7.11 Å². The van der Waals surface area contributed by atoms with Crippen LogP contribution in [0.3, 0.4) is 0 Å². The van der Waals surface area contributed by atoms with E-state index in [1.54, 1.807) is 11.8 Å². The number of ether oxygens (including phenoxy) is 1. The van der Waals surface area contributed by atoms with Gasteiger partial charge in [-0.05, 0) is 18.4 Å². The number of esters is 1. The summed E-state index contributed by atoms with van der Waals surface area (Å²) in [7, 11) is 1.35. The molecule has 0 saturated carbocycles. The molecule has 0 heterocycles. The second-order valence-electron chi connectivity index (χ2n) is 2.15. The normalized spacial score (nSPS) is 10.8. The van der Waals surface area contributed by atoms with Gasteiger partial charge in [0.1, 0.15) is 6.04 Å². The molecule has 84 valence electrons. The lowest BCUT2D eigenvalue weighted by Crippen LogP contribution is -2.31. The molecule has 0 aromatic rings. The maximum Gasteiger partial charge on any atom is 0.322 e. The van der Waals surface area contributed by atoms with E-state index in [1.807, 2.05) is 6.26 Å². The van der Waals surface area contributed by atoms with Gasteiger partial charge in [0.25, 0.3) is 5.09 Å². The lowest BCUT2D eigenvalue weighted by Gasteiger charge is -2.06. The summed E-state index contributed by atoms with van der Waals surface area (Å²) in [6, 6.07) is -0.447. The summed E-state index contributed by atoms with van der Waals surface area (Å²) >= 11 is 1.67. The average molecular weight is 226 g/mol. The Kier molecular flexibility index (Phi) is 11.1. The highest BCUT2D eigenvalue weighted by Gasteiger charge is 2.11. The number of thioether (sulfide) groups is 1. The van der Waals surface area contributed by atoms with E-state index < -0.39 is 11.1 Å². The maximum atomic E-state index is 10.7. The Bertz CT molecular complexity index is 174. The molecule has 1 atom stereocenters. The fourth-order valence-corrected chi connectivity index (χ4v) is 1.00. The lowest BCUT2D eigenvalue weighted by atomic mass is 10.2. The minimum Gasteiger partial charge on any atom is -0.468 e. The standard InChI is InChI=1S/C6H13NO2S.HNO3/c1-9-6(8)5(7)3-4-10-2;2-1(3)4/h5H,3-4,7H2,1-2H3;(H,2,3,4). The van der Waals surface area contributed by atoms with Gasteiger partial charge in [0.2, 0.25) is 0 Å². The zero-order chi connectivity index (χ0) is 11.6. The first kappa shape index (κ1) is 15.5. The number of carbonyl (C=O) groups excluding carboxylic acids is 1. The summed E-state index contributed by atoms with van der Waals surface area (Å²) in [5.41, 5.74) is 5.43. The van der Waals surface area contributed by atoms with Crippen molar-refractivity contribution in [1.29, 1.82) is 0 Å². The molecule has 1 unspecified atom stereocenters. The van der Waals surface area contributed by atoms with Crippen molar-refractivity contribution in [3.63, 3.8) is 0 Å². The SMILES string of the molecule is COC(=O)C(N)CCSC.O=[N+]([O-])O. The molecule has 0 aliphatic heterocycles. The van der Waals surface area contributed by atoms with Crippen molar-refractivity contribution in [3.05, 3.63) is 10.1 Å². The molecule has 0 fully saturated rings. The third-order valence-corrected chi connectivity index (χ3v) is 1.78. The van der Waals surface area contributed by atoms with Crippen molar-refractivity contribution in [3.8, 4) is 0 Å². The van der Waals surface area contributed by atoms with Crippen LogP contribution in [0, 0.1) is 10.1 Å². The van der Waals surface area contributed by atoms with Gasteiger partial charge in [-0.15, -0.1) is 10.1 Å². The number of rotatable bonds is 4. The molecule has 8 heteroatoms. The summed E-state index contributed by atoms with van der Waals surface area (Å²) in [4.78, 5) is 19.0. The van der Waals surface area contributed by atoms with Gasteiger partial charge < -0.3 is 15.7 Å². The quantitative estimate of drug-likeness (QED) is 0.390. The summed E-state index contributed by atoms with van der Waals surface area (Å²) in [5.74, 6) is 0.574. The van der Waals surface area contributed by atoms with E-state index in [0.717, 1.165) is 5.75 Å². The van der Waals surface area contributed by atoms with E-state index in [-0.39, 0.29) is 5.97 Å². The Balaban J connectivity index is 0. The lowest BCUT2D eigenvalue weighted by molar-refractivity contribution is -0.742. The molecule has 14 heavy (non-hydrogen) atoms. The van der Waals surface area contributed by atoms with Crippen LogP contribution in [0.2, 0.25) is 0 Å². The van der Waals surface area contributed by atoms with Crippen LogP contribution >= 0.6 is 11.8 Å². The van der Waals surface area contributed by atoms with Gasteiger partial charge in [-0.3, -0.25) is 4.79 Å². The Morgan fingerprint density at radius 3 is 2.50 bits per heavy atom. The number of methoxy groups -OCH3 is 1. The topological polar surface area (TPSA) is 116 Å². The highest BCUT2D eigenvalue weighted by atomic mass is 32.2. The van der Waals surface area contributed by atoms with Gasteiger partial charge in [0, 0.05) is 0 Å². The van der Waals surface area contributed by atoms with Gasteiger partial charge in [0.15, 0.2) is 0 Å². The van der Waals surface area contributed by atoms with E-state index in [4.69, 9.17) is 21.1 Å². The first-order valence-electron chi connectivity index (χ1n) is 3.61. The first-order valence-corrected chi connectivity index (χ1v) is 5.00. The van der Waals surface area contributed by atoms with E-state index in [9.17, 15) is 4.79 Å². The molecule has 0 bridgehead atoms. The molecule has 0 aliphatic carbocycles. The average Bonchev–Trinajstić information content (AvgIpc) is 2.11. The van der Waals surface area contributed by atoms with Crippen molar-refractivity contribution in [2.45, 2.75) is 12.5 Å². The van der Waals surface area contributed by atoms with Crippen molar-refractivity contribution >= 4 is 17.7 Å². The summed E-state index contributed by atoms with van der Waals surface area (Å²) < 4.78 is 4.44. The summed E-state index contributed by atoms with van der Waals surface area (Å²) in [6.07, 6.45) is 2.66. The van der Waals surface area contributed by atoms with E-state index >= 15 is 0 Å². The summed E-state index contributed by atoms with van der Waals surface area (Å²) in [6.45, 7) is 0. The predicted octanol–water partition coefficient (Wildman–Crippen LogP) is -0.108. The third-order valence-electron chi connectivity index (χ3n) is 1.14. The number of nitrogens with zero attached hydrogens (tertiary/aromatic N) is 1. The molecule has 7 nitrogen and oxygen atoms in total. The molecule has 0 saturated heterocycles. The number of carbonyl (C=O) groups is 1. The maximum absolute atomic E-state index is 10.7. The van der Waals surface area contributed by atoms with Crippen LogP contribution < -0.4 is 5.73 Å². The Morgan fingerprint density at radius 1 is 1.79 bits per heavy atom.